The number of ether oxygens (including phenoxy) is 1. The summed E-state index contributed by atoms with van der Waals surface area (Å²) in [4.78, 5) is 35.1. The number of fused-ring (bicyclic) bond motifs is 4. The van der Waals surface area contributed by atoms with Crippen molar-refractivity contribution in [3.8, 4) is 5.75 Å². The number of carbonyl (C=O) groups excluding carboxylic acids is 2. The van der Waals surface area contributed by atoms with Crippen LogP contribution in [0.1, 0.15) is 46.9 Å². The Labute approximate surface area is 216 Å². The molecule has 4 heterocycles. The summed E-state index contributed by atoms with van der Waals surface area (Å²) in [5, 5.41) is 11.1. The normalized spacial score (nSPS) is 18.8. The molecule has 1 saturated heterocycles. The smallest absolute Gasteiger partial charge is 0.258 e. The second-order valence-electron chi connectivity index (χ2n) is 9.62. The summed E-state index contributed by atoms with van der Waals surface area (Å²) in [5.41, 5.74) is 8.60. The predicted octanol–water partition coefficient (Wildman–Crippen LogP) is 1.72. The van der Waals surface area contributed by atoms with Crippen molar-refractivity contribution in [3.05, 3.63) is 47.2 Å². The van der Waals surface area contributed by atoms with Crippen molar-refractivity contribution in [2.24, 2.45) is 5.73 Å². The lowest BCUT2D eigenvalue weighted by Crippen LogP contribution is -2.39. The van der Waals surface area contributed by atoms with Gasteiger partial charge in [-0.15, -0.1) is 0 Å². The van der Waals surface area contributed by atoms with E-state index in [1.165, 1.54) is 0 Å². The summed E-state index contributed by atoms with van der Waals surface area (Å²) in [5.74, 6) is 1.56. The van der Waals surface area contributed by atoms with E-state index in [1.54, 1.807) is 6.07 Å². The molecule has 1 atom stereocenters. The standard InChI is InChI=1S/C26H34N8O3/c1-17-6-7-21-18(13-17)26(36)33-11-4-3-5-20(33)19-14-23-30-22(28-9-8-27)15-25(34(23)31-19)32(2)12-10-29-24(35)16-37-21/h6-7,13-15,20H,3-5,8-12,16,27H2,1-2H3,(H,28,30)(H,29,35). The molecule has 2 aliphatic rings. The lowest BCUT2D eigenvalue weighted by atomic mass is 9.97. The molecular weight excluding hydrogens is 472 g/mol. The van der Waals surface area contributed by atoms with Gasteiger partial charge in [0.1, 0.15) is 17.4 Å². The summed E-state index contributed by atoms with van der Waals surface area (Å²) in [6.45, 7) is 4.44. The Balaban J connectivity index is 1.62. The third-order valence-electron chi connectivity index (χ3n) is 6.87. The van der Waals surface area contributed by atoms with Crippen molar-refractivity contribution in [1.29, 1.82) is 0 Å². The van der Waals surface area contributed by atoms with Gasteiger partial charge in [-0.2, -0.15) is 9.61 Å². The van der Waals surface area contributed by atoms with Crippen molar-refractivity contribution in [3.63, 3.8) is 0 Å². The van der Waals surface area contributed by atoms with Gasteiger partial charge >= 0.3 is 0 Å². The summed E-state index contributed by atoms with van der Waals surface area (Å²) < 4.78 is 7.66. The number of anilines is 2. The third kappa shape index (κ3) is 5.17. The zero-order valence-electron chi connectivity index (χ0n) is 21.4. The minimum absolute atomic E-state index is 0.122. The van der Waals surface area contributed by atoms with Crippen LogP contribution in [-0.4, -0.2) is 77.7 Å². The van der Waals surface area contributed by atoms with E-state index in [1.807, 2.05) is 52.6 Å². The highest BCUT2D eigenvalue weighted by Gasteiger charge is 2.32. The van der Waals surface area contributed by atoms with Crippen LogP contribution >= 0.6 is 0 Å². The number of hydrogen-bond acceptors (Lipinski definition) is 8. The van der Waals surface area contributed by atoms with Crippen molar-refractivity contribution in [2.45, 2.75) is 32.2 Å². The van der Waals surface area contributed by atoms with Gasteiger partial charge < -0.3 is 30.9 Å². The number of benzene rings is 1. The molecule has 0 radical (unpaired) electrons. The molecule has 2 amide bonds. The Morgan fingerprint density at radius 2 is 2.05 bits per heavy atom. The van der Waals surface area contributed by atoms with Gasteiger partial charge in [0.05, 0.1) is 17.3 Å². The van der Waals surface area contributed by atoms with Gasteiger partial charge in [0, 0.05) is 51.9 Å². The number of amides is 2. The molecule has 0 spiro atoms. The topological polar surface area (TPSA) is 130 Å². The number of carbonyl (C=O) groups is 2. The van der Waals surface area contributed by atoms with E-state index in [4.69, 9.17) is 20.6 Å². The molecule has 11 nitrogen and oxygen atoms in total. The van der Waals surface area contributed by atoms with Crippen molar-refractivity contribution >= 4 is 29.1 Å². The van der Waals surface area contributed by atoms with E-state index >= 15 is 0 Å². The van der Waals surface area contributed by atoms with E-state index in [9.17, 15) is 9.59 Å². The zero-order chi connectivity index (χ0) is 25.9. The van der Waals surface area contributed by atoms with Crippen LogP contribution in [0.3, 0.4) is 0 Å². The molecule has 37 heavy (non-hydrogen) atoms. The van der Waals surface area contributed by atoms with Crippen molar-refractivity contribution in [2.75, 3.05) is 56.6 Å². The number of hydrogen-bond donors (Lipinski definition) is 3. The second kappa shape index (κ2) is 10.6. The van der Waals surface area contributed by atoms with E-state index in [0.717, 1.165) is 36.3 Å². The van der Waals surface area contributed by atoms with Crippen LogP contribution in [0.25, 0.3) is 5.65 Å². The number of aryl methyl sites for hydroxylation is 1. The molecule has 2 aliphatic heterocycles. The SMILES string of the molecule is Cc1ccc2c(c1)C(=O)N1CCCCC1c1cc3nc(NCCN)cc(n3n1)N(C)CCNC(=O)CO2. The summed E-state index contributed by atoms with van der Waals surface area (Å²) >= 11 is 0. The Morgan fingerprint density at radius 3 is 2.89 bits per heavy atom. The highest BCUT2D eigenvalue weighted by Crippen LogP contribution is 2.34. The number of nitrogens with two attached hydrogens (primary N) is 1. The van der Waals surface area contributed by atoms with Gasteiger partial charge in [-0.3, -0.25) is 9.59 Å². The fourth-order valence-electron chi connectivity index (χ4n) is 4.95. The molecule has 3 aromatic rings. The average molecular weight is 507 g/mol. The fourth-order valence-corrected chi connectivity index (χ4v) is 4.95. The van der Waals surface area contributed by atoms with Crippen LogP contribution in [-0.2, 0) is 4.79 Å². The van der Waals surface area contributed by atoms with Gasteiger partial charge in [-0.05, 0) is 38.3 Å². The first kappa shape index (κ1) is 24.8. The van der Waals surface area contributed by atoms with Gasteiger partial charge in [-0.25, -0.2) is 4.98 Å². The van der Waals surface area contributed by atoms with E-state index in [2.05, 4.69) is 10.6 Å². The Hall–Kier alpha value is -3.86. The monoisotopic (exact) mass is 506 g/mol. The average Bonchev–Trinajstić information content (AvgIpc) is 3.33. The highest BCUT2D eigenvalue weighted by molar-refractivity contribution is 5.97. The summed E-state index contributed by atoms with van der Waals surface area (Å²) in [6.07, 6.45) is 2.73. The van der Waals surface area contributed by atoms with E-state index in [-0.39, 0.29) is 24.5 Å². The van der Waals surface area contributed by atoms with Crippen LogP contribution in [0.2, 0.25) is 0 Å². The summed E-state index contributed by atoms with van der Waals surface area (Å²) in [7, 11) is 1.95. The molecule has 0 saturated carbocycles. The quantitative estimate of drug-likeness (QED) is 0.490. The maximum atomic E-state index is 13.9. The Morgan fingerprint density at radius 1 is 1.19 bits per heavy atom. The molecule has 0 aliphatic carbocycles. The number of rotatable bonds is 3. The van der Waals surface area contributed by atoms with E-state index in [0.29, 0.717) is 55.5 Å². The molecular formula is C26H34N8O3. The first-order valence-electron chi connectivity index (χ1n) is 12.8. The van der Waals surface area contributed by atoms with Crippen LogP contribution in [0.15, 0.2) is 30.3 Å². The van der Waals surface area contributed by atoms with Crippen LogP contribution < -0.4 is 26.0 Å². The zero-order valence-corrected chi connectivity index (χ0v) is 21.4. The Kier molecular flexibility index (Phi) is 7.13. The number of nitrogens with one attached hydrogen (secondary N) is 2. The van der Waals surface area contributed by atoms with Crippen molar-refractivity contribution in [1.82, 2.24) is 24.8 Å². The highest BCUT2D eigenvalue weighted by atomic mass is 16.5. The van der Waals surface area contributed by atoms with Gasteiger partial charge in [0.25, 0.3) is 11.8 Å². The third-order valence-corrected chi connectivity index (χ3v) is 6.87. The number of aromatic nitrogens is 3. The maximum absolute atomic E-state index is 13.9. The van der Waals surface area contributed by atoms with Gasteiger partial charge in [-0.1, -0.05) is 11.6 Å². The predicted molar refractivity (Wildman–Crippen MR) is 141 cm³/mol. The van der Waals surface area contributed by atoms with Crippen LogP contribution in [0, 0.1) is 6.92 Å². The molecule has 1 aromatic carbocycles. The largest absolute Gasteiger partial charge is 0.483 e. The van der Waals surface area contributed by atoms with Crippen molar-refractivity contribution < 1.29 is 14.3 Å². The molecule has 5 rings (SSSR count). The van der Waals surface area contributed by atoms with Gasteiger partial charge in [0.15, 0.2) is 12.3 Å². The molecule has 1 unspecified atom stereocenters. The van der Waals surface area contributed by atoms with E-state index < -0.39 is 0 Å². The minimum atomic E-state index is -0.248. The number of nitrogens with zero attached hydrogens (tertiary/aromatic N) is 5. The first-order chi connectivity index (χ1) is 17.9. The number of likely N-dealkylation sites (N-methyl/N-ethyl adjacent to an activating group) is 1. The Bertz CT molecular complexity index is 1310. The molecule has 2 aromatic heterocycles. The summed E-state index contributed by atoms with van der Waals surface area (Å²) in [6, 6.07) is 9.19. The molecule has 11 heteroatoms. The van der Waals surface area contributed by atoms with Crippen LogP contribution in [0.4, 0.5) is 11.6 Å². The second-order valence-corrected chi connectivity index (χ2v) is 9.62. The lowest BCUT2D eigenvalue weighted by molar-refractivity contribution is -0.123. The van der Waals surface area contributed by atoms with Gasteiger partial charge in [0.2, 0.25) is 0 Å². The first-order valence-corrected chi connectivity index (χ1v) is 12.8. The minimum Gasteiger partial charge on any atom is -0.483 e. The fraction of sp³-hybridized carbons (Fsp3) is 0.462. The number of piperidine rings is 1. The molecule has 2 bridgehead atoms. The van der Waals surface area contributed by atoms with Crippen LogP contribution in [0.5, 0.6) is 5.75 Å². The lowest BCUT2D eigenvalue weighted by Gasteiger charge is -2.35. The molecule has 196 valence electrons. The maximum Gasteiger partial charge on any atom is 0.258 e. The molecule has 1 fully saturated rings. The molecule has 4 N–H and O–H groups in total.